The molecule has 2 unspecified atom stereocenters. The molecule has 0 radical (unpaired) electrons. The fraction of sp³-hybridized carbons (Fsp3) is 0.417. The summed E-state index contributed by atoms with van der Waals surface area (Å²) in [5, 5.41) is 18.3. The second-order valence-electron chi connectivity index (χ2n) is 3.74. The van der Waals surface area contributed by atoms with Crippen LogP contribution in [0.25, 0.3) is 0 Å². The number of ether oxygens (including phenoxy) is 3. The summed E-state index contributed by atoms with van der Waals surface area (Å²) in [6, 6.07) is 6.91. The minimum atomic E-state index is -0.629. The van der Waals surface area contributed by atoms with Gasteiger partial charge >= 0.3 is 0 Å². The number of methoxy groups -OCH3 is 1. The molecule has 1 heterocycles. The van der Waals surface area contributed by atoms with Crippen molar-refractivity contribution in [3.63, 3.8) is 0 Å². The van der Waals surface area contributed by atoms with E-state index in [1.165, 1.54) is 7.11 Å². The first-order valence-corrected chi connectivity index (χ1v) is 5.25. The van der Waals surface area contributed by atoms with Crippen LogP contribution in [0.2, 0.25) is 0 Å². The topological polar surface area (TPSA) is 71.7 Å². The number of nitriles is 1. The Kier molecular flexibility index (Phi) is 3.47. The second kappa shape index (κ2) is 5.04. The molecule has 0 amide bonds. The molecule has 1 aliphatic heterocycles. The van der Waals surface area contributed by atoms with Gasteiger partial charge in [-0.25, -0.2) is 0 Å². The van der Waals surface area contributed by atoms with Gasteiger partial charge in [-0.05, 0) is 12.1 Å². The Labute approximate surface area is 99.1 Å². The van der Waals surface area contributed by atoms with Crippen molar-refractivity contribution in [2.45, 2.75) is 12.2 Å². The Morgan fingerprint density at radius 3 is 2.82 bits per heavy atom. The fourth-order valence-electron chi connectivity index (χ4n) is 1.63. The van der Waals surface area contributed by atoms with E-state index in [9.17, 15) is 5.11 Å². The number of rotatable bonds is 3. The highest BCUT2D eigenvalue weighted by Gasteiger charge is 2.28. The highest BCUT2D eigenvalue weighted by Crippen LogP contribution is 2.29. The summed E-state index contributed by atoms with van der Waals surface area (Å²) in [4.78, 5) is 0. The van der Waals surface area contributed by atoms with Crippen molar-refractivity contribution in [2.75, 3.05) is 20.3 Å². The number of aliphatic hydroxyl groups is 1. The van der Waals surface area contributed by atoms with Crippen LogP contribution >= 0.6 is 0 Å². The van der Waals surface area contributed by atoms with Gasteiger partial charge in [-0.2, -0.15) is 5.26 Å². The molecule has 0 saturated carbocycles. The molecule has 5 heteroatoms. The first kappa shape index (κ1) is 11.7. The Morgan fingerprint density at radius 2 is 2.24 bits per heavy atom. The van der Waals surface area contributed by atoms with E-state index in [1.807, 2.05) is 6.07 Å². The maximum atomic E-state index is 9.57. The van der Waals surface area contributed by atoms with E-state index >= 15 is 0 Å². The maximum Gasteiger partial charge on any atom is 0.162 e. The van der Waals surface area contributed by atoms with E-state index in [-0.39, 0.29) is 6.61 Å². The molecule has 0 bridgehead atoms. The summed E-state index contributed by atoms with van der Waals surface area (Å²) < 4.78 is 15.8. The normalized spacial score (nSPS) is 23.1. The third-order valence-electron chi connectivity index (χ3n) is 2.57. The van der Waals surface area contributed by atoms with Gasteiger partial charge < -0.3 is 19.3 Å². The molecule has 2 atom stereocenters. The Balaban J connectivity index is 2.18. The number of hydrogen-bond acceptors (Lipinski definition) is 5. The molecule has 0 aromatic heterocycles. The van der Waals surface area contributed by atoms with Crippen molar-refractivity contribution in [3.05, 3.63) is 23.8 Å². The van der Waals surface area contributed by atoms with Crippen molar-refractivity contribution < 1.29 is 19.3 Å². The third-order valence-corrected chi connectivity index (χ3v) is 2.57. The Hall–Kier alpha value is -1.77. The van der Waals surface area contributed by atoms with E-state index in [0.29, 0.717) is 23.7 Å². The summed E-state index contributed by atoms with van der Waals surface area (Å²) >= 11 is 0. The van der Waals surface area contributed by atoms with Crippen molar-refractivity contribution in [2.24, 2.45) is 0 Å². The first-order chi connectivity index (χ1) is 8.24. The van der Waals surface area contributed by atoms with Gasteiger partial charge in [0.2, 0.25) is 0 Å². The van der Waals surface area contributed by atoms with Gasteiger partial charge in [0.15, 0.2) is 17.6 Å². The predicted octanol–water partition coefficient (Wildman–Crippen LogP) is 0.705. The summed E-state index contributed by atoms with van der Waals surface area (Å²) in [5.41, 5.74) is 0.498. The minimum Gasteiger partial charge on any atom is -0.493 e. The van der Waals surface area contributed by atoms with E-state index < -0.39 is 12.2 Å². The first-order valence-electron chi connectivity index (χ1n) is 5.25. The van der Waals surface area contributed by atoms with E-state index in [1.54, 1.807) is 18.2 Å². The molecular weight excluding hydrogens is 222 g/mol. The van der Waals surface area contributed by atoms with Gasteiger partial charge in [0.1, 0.15) is 6.10 Å². The van der Waals surface area contributed by atoms with Gasteiger partial charge in [-0.1, -0.05) is 0 Å². The molecule has 0 spiro atoms. The van der Waals surface area contributed by atoms with Gasteiger partial charge in [-0.3, -0.25) is 0 Å². The molecule has 17 heavy (non-hydrogen) atoms. The fourth-order valence-corrected chi connectivity index (χ4v) is 1.63. The van der Waals surface area contributed by atoms with Gasteiger partial charge in [0.25, 0.3) is 0 Å². The second-order valence-corrected chi connectivity index (χ2v) is 3.74. The SMILES string of the molecule is COc1cc(C#N)ccc1OC1COCC1O. The molecule has 90 valence electrons. The Morgan fingerprint density at radius 1 is 1.41 bits per heavy atom. The standard InChI is InChI=1S/C12H13NO4/c1-15-11-4-8(5-13)2-3-10(11)17-12-7-16-6-9(12)14/h2-4,9,12,14H,6-7H2,1H3. The summed E-state index contributed by atoms with van der Waals surface area (Å²) in [7, 11) is 1.50. The third kappa shape index (κ3) is 2.49. The Bertz CT molecular complexity index is 441. The lowest BCUT2D eigenvalue weighted by molar-refractivity contribution is 0.0715. The molecule has 5 nitrogen and oxygen atoms in total. The molecular formula is C12H13NO4. The average Bonchev–Trinajstić information content (AvgIpc) is 2.75. The summed E-state index contributed by atoms with van der Waals surface area (Å²) in [5.74, 6) is 0.976. The summed E-state index contributed by atoms with van der Waals surface area (Å²) in [6.45, 7) is 0.633. The predicted molar refractivity (Wildman–Crippen MR) is 59.0 cm³/mol. The van der Waals surface area contributed by atoms with Crippen molar-refractivity contribution >= 4 is 0 Å². The molecule has 1 fully saturated rings. The van der Waals surface area contributed by atoms with E-state index in [2.05, 4.69) is 0 Å². The maximum absolute atomic E-state index is 9.57. The van der Waals surface area contributed by atoms with Crippen LogP contribution in [-0.2, 0) is 4.74 Å². The lowest BCUT2D eigenvalue weighted by atomic mass is 10.2. The highest BCUT2D eigenvalue weighted by atomic mass is 16.6. The molecule has 2 rings (SSSR count). The van der Waals surface area contributed by atoms with Crippen LogP contribution in [0.4, 0.5) is 0 Å². The van der Waals surface area contributed by atoms with Crippen molar-refractivity contribution in [1.82, 2.24) is 0 Å². The zero-order valence-corrected chi connectivity index (χ0v) is 9.42. The van der Waals surface area contributed by atoms with Crippen LogP contribution < -0.4 is 9.47 Å². The molecule has 1 aromatic rings. The molecule has 0 aliphatic carbocycles. The van der Waals surface area contributed by atoms with Gasteiger partial charge in [-0.15, -0.1) is 0 Å². The zero-order chi connectivity index (χ0) is 12.3. The molecule has 1 N–H and O–H groups in total. The van der Waals surface area contributed by atoms with Crippen LogP contribution in [0.3, 0.4) is 0 Å². The zero-order valence-electron chi connectivity index (χ0n) is 9.42. The molecule has 1 aliphatic rings. The van der Waals surface area contributed by atoms with Crippen LogP contribution in [0.5, 0.6) is 11.5 Å². The number of benzene rings is 1. The number of aliphatic hydroxyl groups excluding tert-OH is 1. The van der Waals surface area contributed by atoms with Crippen LogP contribution in [0.1, 0.15) is 5.56 Å². The van der Waals surface area contributed by atoms with E-state index in [4.69, 9.17) is 19.5 Å². The van der Waals surface area contributed by atoms with Crippen molar-refractivity contribution in [3.8, 4) is 17.6 Å². The lowest BCUT2D eigenvalue weighted by Crippen LogP contribution is -2.29. The number of hydrogen-bond donors (Lipinski definition) is 1. The number of nitrogens with zero attached hydrogens (tertiary/aromatic N) is 1. The minimum absolute atomic E-state index is 0.281. The monoisotopic (exact) mass is 235 g/mol. The average molecular weight is 235 g/mol. The van der Waals surface area contributed by atoms with E-state index in [0.717, 1.165) is 0 Å². The quantitative estimate of drug-likeness (QED) is 0.835. The molecule has 1 saturated heterocycles. The summed E-state index contributed by atoms with van der Waals surface area (Å²) in [6.07, 6.45) is -1.02. The van der Waals surface area contributed by atoms with Gasteiger partial charge in [0, 0.05) is 6.07 Å². The van der Waals surface area contributed by atoms with Crippen molar-refractivity contribution in [1.29, 1.82) is 5.26 Å². The van der Waals surface area contributed by atoms with Crippen LogP contribution in [0, 0.1) is 11.3 Å². The highest BCUT2D eigenvalue weighted by molar-refractivity contribution is 5.46. The largest absolute Gasteiger partial charge is 0.493 e. The van der Waals surface area contributed by atoms with Crippen LogP contribution in [-0.4, -0.2) is 37.6 Å². The van der Waals surface area contributed by atoms with Crippen LogP contribution in [0.15, 0.2) is 18.2 Å². The molecule has 1 aromatic carbocycles. The smallest absolute Gasteiger partial charge is 0.162 e. The van der Waals surface area contributed by atoms with Gasteiger partial charge in [0.05, 0.1) is 32.0 Å². The lowest BCUT2D eigenvalue weighted by Gasteiger charge is -2.17.